The standard InChI is InChI=1S/C14H26N2O3/c1-13(2,3)10(12(18)19)16-11(17)9-14(4,5)7-6-8-15-9/h9-10,15H,6-8H2,1-5H3,(H,16,17)(H,18,19)/t9?,10-/m0/s1. The van der Waals surface area contributed by atoms with E-state index >= 15 is 0 Å². The van der Waals surface area contributed by atoms with Gasteiger partial charge in [-0.2, -0.15) is 0 Å². The highest BCUT2D eigenvalue weighted by Crippen LogP contribution is 2.30. The predicted octanol–water partition coefficient (Wildman–Crippen LogP) is 1.38. The molecule has 0 aliphatic carbocycles. The Morgan fingerprint density at radius 3 is 2.37 bits per heavy atom. The van der Waals surface area contributed by atoms with Crippen molar-refractivity contribution in [2.24, 2.45) is 10.8 Å². The molecule has 5 nitrogen and oxygen atoms in total. The molecule has 1 rings (SSSR count). The highest BCUT2D eigenvalue weighted by molar-refractivity contribution is 5.88. The molecule has 110 valence electrons. The van der Waals surface area contributed by atoms with Crippen LogP contribution in [0.25, 0.3) is 0 Å². The molecule has 1 fully saturated rings. The second-order valence-corrected chi connectivity index (χ2v) is 7.13. The highest BCUT2D eigenvalue weighted by atomic mass is 16.4. The SMILES string of the molecule is CC1(C)CCCNC1C(=O)N[C@@H](C(=O)O)C(C)(C)C. The van der Waals surface area contributed by atoms with Crippen molar-refractivity contribution in [2.75, 3.05) is 6.54 Å². The van der Waals surface area contributed by atoms with Crippen molar-refractivity contribution in [2.45, 2.75) is 59.5 Å². The van der Waals surface area contributed by atoms with Gasteiger partial charge >= 0.3 is 5.97 Å². The van der Waals surface area contributed by atoms with E-state index in [4.69, 9.17) is 0 Å². The van der Waals surface area contributed by atoms with Crippen molar-refractivity contribution in [1.29, 1.82) is 0 Å². The smallest absolute Gasteiger partial charge is 0.326 e. The zero-order valence-corrected chi connectivity index (χ0v) is 12.5. The zero-order chi connectivity index (χ0) is 14.8. The van der Waals surface area contributed by atoms with Gasteiger partial charge in [0.1, 0.15) is 6.04 Å². The first-order valence-electron chi connectivity index (χ1n) is 6.82. The molecule has 1 aliphatic heterocycles. The van der Waals surface area contributed by atoms with Gasteiger partial charge in [-0.3, -0.25) is 4.79 Å². The van der Waals surface area contributed by atoms with Crippen LogP contribution in [0.4, 0.5) is 0 Å². The van der Waals surface area contributed by atoms with E-state index in [1.165, 1.54) is 0 Å². The number of piperidine rings is 1. The van der Waals surface area contributed by atoms with E-state index < -0.39 is 17.4 Å². The van der Waals surface area contributed by atoms with E-state index in [0.29, 0.717) is 0 Å². The van der Waals surface area contributed by atoms with Crippen LogP contribution in [0.2, 0.25) is 0 Å². The Morgan fingerprint density at radius 2 is 1.95 bits per heavy atom. The zero-order valence-electron chi connectivity index (χ0n) is 12.5. The van der Waals surface area contributed by atoms with Gasteiger partial charge in [-0.15, -0.1) is 0 Å². The Hall–Kier alpha value is -1.10. The van der Waals surface area contributed by atoms with E-state index in [1.807, 2.05) is 34.6 Å². The van der Waals surface area contributed by atoms with Gasteiger partial charge in [0.15, 0.2) is 0 Å². The first-order valence-corrected chi connectivity index (χ1v) is 6.82. The summed E-state index contributed by atoms with van der Waals surface area (Å²) in [5.41, 5.74) is -0.663. The maximum Gasteiger partial charge on any atom is 0.326 e. The van der Waals surface area contributed by atoms with Crippen LogP contribution in [0.5, 0.6) is 0 Å². The van der Waals surface area contributed by atoms with Crippen LogP contribution in [-0.2, 0) is 9.59 Å². The van der Waals surface area contributed by atoms with Gasteiger partial charge in [0.2, 0.25) is 5.91 Å². The fraction of sp³-hybridized carbons (Fsp3) is 0.857. The lowest BCUT2D eigenvalue weighted by atomic mass is 9.76. The van der Waals surface area contributed by atoms with E-state index in [2.05, 4.69) is 10.6 Å². The van der Waals surface area contributed by atoms with E-state index in [9.17, 15) is 14.7 Å². The summed E-state index contributed by atoms with van der Waals surface area (Å²) in [6.45, 7) is 10.3. The first kappa shape index (κ1) is 16.0. The molecule has 0 aromatic heterocycles. The fourth-order valence-corrected chi connectivity index (χ4v) is 2.53. The summed E-state index contributed by atoms with van der Waals surface area (Å²) in [7, 11) is 0. The third kappa shape index (κ3) is 3.93. The number of nitrogens with one attached hydrogen (secondary N) is 2. The summed E-state index contributed by atoms with van der Waals surface area (Å²) >= 11 is 0. The Morgan fingerprint density at radius 1 is 1.37 bits per heavy atom. The number of hydrogen-bond donors (Lipinski definition) is 3. The molecule has 1 amide bonds. The molecule has 0 bridgehead atoms. The summed E-state index contributed by atoms with van der Waals surface area (Å²) in [6, 6.07) is -1.20. The maximum absolute atomic E-state index is 12.3. The van der Waals surface area contributed by atoms with Crippen molar-refractivity contribution in [3.05, 3.63) is 0 Å². The third-order valence-electron chi connectivity index (χ3n) is 3.79. The fourth-order valence-electron chi connectivity index (χ4n) is 2.53. The first-order chi connectivity index (χ1) is 8.55. The Kier molecular flexibility index (Phi) is 4.61. The molecular weight excluding hydrogens is 244 g/mol. The number of amides is 1. The van der Waals surface area contributed by atoms with Crippen molar-refractivity contribution < 1.29 is 14.7 Å². The van der Waals surface area contributed by atoms with Crippen molar-refractivity contribution in [3.8, 4) is 0 Å². The molecule has 1 saturated heterocycles. The van der Waals surface area contributed by atoms with Crippen molar-refractivity contribution in [3.63, 3.8) is 0 Å². The Balaban J connectivity index is 2.80. The average Bonchev–Trinajstić information content (AvgIpc) is 2.22. The largest absolute Gasteiger partial charge is 0.480 e. The molecule has 0 aromatic carbocycles. The van der Waals surface area contributed by atoms with Gasteiger partial charge in [0.25, 0.3) is 0 Å². The third-order valence-corrected chi connectivity index (χ3v) is 3.79. The number of carboxylic acid groups (broad SMARTS) is 1. The number of hydrogen-bond acceptors (Lipinski definition) is 3. The van der Waals surface area contributed by atoms with Crippen LogP contribution < -0.4 is 10.6 Å². The normalized spacial score (nSPS) is 24.6. The summed E-state index contributed by atoms with van der Waals surface area (Å²) < 4.78 is 0. The number of carbonyl (C=O) groups excluding carboxylic acids is 1. The quantitative estimate of drug-likeness (QED) is 0.724. The number of aliphatic carboxylic acids is 1. The van der Waals surface area contributed by atoms with Crippen LogP contribution in [0, 0.1) is 10.8 Å². The van der Waals surface area contributed by atoms with Crippen LogP contribution in [0.3, 0.4) is 0 Å². The van der Waals surface area contributed by atoms with Gasteiger partial charge in [0.05, 0.1) is 6.04 Å². The molecule has 2 atom stereocenters. The van der Waals surface area contributed by atoms with Crippen molar-refractivity contribution in [1.82, 2.24) is 10.6 Å². The van der Waals surface area contributed by atoms with Crippen LogP contribution in [0.1, 0.15) is 47.5 Å². The molecule has 3 N–H and O–H groups in total. The summed E-state index contributed by atoms with van der Waals surface area (Å²) in [5, 5.41) is 15.1. The van der Waals surface area contributed by atoms with Gasteiger partial charge in [-0.05, 0) is 30.2 Å². The van der Waals surface area contributed by atoms with Crippen LogP contribution >= 0.6 is 0 Å². The summed E-state index contributed by atoms with van der Waals surface area (Å²) in [4.78, 5) is 23.6. The molecule has 1 aliphatic rings. The lowest BCUT2D eigenvalue weighted by Crippen LogP contribution is -2.60. The van der Waals surface area contributed by atoms with Gasteiger partial charge in [0, 0.05) is 0 Å². The van der Waals surface area contributed by atoms with E-state index in [1.54, 1.807) is 0 Å². The molecular formula is C14H26N2O3. The number of rotatable bonds is 3. The lowest BCUT2D eigenvalue weighted by molar-refractivity contribution is -0.146. The topological polar surface area (TPSA) is 78.4 Å². The summed E-state index contributed by atoms with van der Waals surface area (Å²) in [5.74, 6) is -1.21. The Bertz CT molecular complexity index is 358. The molecule has 0 spiro atoms. The van der Waals surface area contributed by atoms with E-state index in [-0.39, 0.29) is 17.4 Å². The Labute approximate surface area is 115 Å². The minimum Gasteiger partial charge on any atom is -0.480 e. The second kappa shape index (κ2) is 5.49. The number of carbonyl (C=O) groups is 2. The minimum atomic E-state index is -0.991. The van der Waals surface area contributed by atoms with Crippen LogP contribution in [0.15, 0.2) is 0 Å². The predicted molar refractivity (Wildman–Crippen MR) is 73.8 cm³/mol. The second-order valence-electron chi connectivity index (χ2n) is 7.13. The maximum atomic E-state index is 12.3. The molecule has 19 heavy (non-hydrogen) atoms. The summed E-state index contributed by atoms with van der Waals surface area (Å²) in [6.07, 6.45) is 2.00. The molecule has 1 unspecified atom stereocenters. The molecule has 0 radical (unpaired) electrons. The monoisotopic (exact) mass is 270 g/mol. The average molecular weight is 270 g/mol. The van der Waals surface area contributed by atoms with Gasteiger partial charge in [-0.1, -0.05) is 34.6 Å². The van der Waals surface area contributed by atoms with Crippen molar-refractivity contribution >= 4 is 11.9 Å². The number of carboxylic acids is 1. The van der Waals surface area contributed by atoms with E-state index in [0.717, 1.165) is 19.4 Å². The van der Waals surface area contributed by atoms with Gasteiger partial charge in [-0.25, -0.2) is 4.79 Å². The highest BCUT2D eigenvalue weighted by Gasteiger charge is 2.40. The van der Waals surface area contributed by atoms with Crippen LogP contribution in [-0.4, -0.2) is 35.6 Å². The molecule has 5 heteroatoms. The lowest BCUT2D eigenvalue weighted by Gasteiger charge is -2.39. The molecule has 0 aromatic rings. The molecule has 1 heterocycles. The molecule has 0 saturated carbocycles. The van der Waals surface area contributed by atoms with Gasteiger partial charge < -0.3 is 15.7 Å². The minimum absolute atomic E-state index is 0.150.